The van der Waals surface area contributed by atoms with Gasteiger partial charge in [-0.25, -0.2) is 9.59 Å². The van der Waals surface area contributed by atoms with E-state index >= 15 is 0 Å². The average Bonchev–Trinajstić information content (AvgIpc) is 2.89. The van der Waals surface area contributed by atoms with Gasteiger partial charge in [0.2, 0.25) is 0 Å². The first-order valence-electron chi connectivity index (χ1n) is 8.09. The van der Waals surface area contributed by atoms with Crippen LogP contribution in [0.1, 0.15) is 53.9 Å². The molecule has 2 rings (SSSR count). The lowest BCUT2D eigenvalue weighted by Crippen LogP contribution is -2.65. The van der Waals surface area contributed by atoms with Crippen molar-refractivity contribution in [2.75, 3.05) is 13.1 Å². The molecule has 0 spiro atoms. The summed E-state index contributed by atoms with van der Waals surface area (Å²) < 4.78 is 5.50. The van der Waals surface area contributed by atoms with Gasteiger partial charge in [0, 0.05) is 18.6 Å². The fourth-order valence-electron chi connectivity index (χ4n) is 3.89. The van der Waals surface area contributed by atoms with Crippen LogP contribution in [0.2, 0.25) is 0 Å². The van der Waals surface area contributed by atoms with Crippen molar-refractivity contribution in [3.63, 3.8) is 0 Å². The quantitative estimate of drug-likeness (QED) is 0.866. The zero-order valence-electron chi connectivity index (χ0n) is 14.3. The van der Waals surface area contributed by atoms with E-state index in [1.54, 1.807) is 20.8 Å². The first-order chi connectivity index (χ1) is 10.1. The molecule has 0 aromatic rings. The van der Waals surface area contributed by atoms with Gasteiger partial charge in [-0.2, -0.15) is 0 Å². The van der Waals surface area contributed by atoms with E-state index in [0.717, 1.165) is 25.9 Å². The molecule has 2 atom stereocenters. The SMILES string of the molecule is CC(C)N(C(=O)OC(C)(C)C)C1(C(=O)O)CCN2CCCC21. The van der Waals surface area contributed by atoms with Gasteiger partial charge in [0.05, 0.1) is 0 Å². The van der Waals surface area contributed by atoms with E-state index in [0.29, 0.717) is 6.42 Å². The van der Waals surface area contributed by atoms with E-state index in [1.165, 1.54) is 4.90 Å². The summed E-state index contributed by atoms with van der Waals surface area (Å²) in [6.07, 6.45) is 1.74. The highest BCUT2D eigenvalue weighted by Gasteiger charge is 2.60. The molecular formula is C16H28N2O4. The minimum Gasteiger partial charge on any atom is -0.479 e. The average molecular weight is 312 g/mol. The highest BCUT2D eigenvalue weighted by molar-refractivity contribution is 5.86. The number of carbonyl (C=O) groups is 2. The molecule has 22 heavy (non-hydrogen) atoms. The molecule has 0 aromatic carbocycles. The summed E-state index contributed by atoms with van der Waals surface area (Å²) in [5, 5.41) is 10.0. The predicted molar refractivity (Wildman–Crippen MR) is 82.8 cm³/mol. The highest BCUT2D eigenvalue weighted by atomic mass is 16.6. The maximum absolute atomic E-state index is 12.7. The maximum atomic E-state index is 12.7. The number of hydrogen-bond donors (Lipinski definition) is 1. The van der Waals surface area contributed by atoms with Crippen molar-refractivity contribution in [3.8, 4) is 0 Å². The summed E-state index contributed by atoms with van der Waals surface area (Å²) in [6, 6.07) is -0.341. The highest BCUT2D eigenvalue weighted by Crippen LogP contribution is 2.42. The third-order valence-electron chi connectivity index (χ3n) is 4.60. The largest absolute Gasteiger partial charge is 0.479 e. The Morgan fingerprint density at radius 3 is 2.45 bits per heavy atom. The Balaban J connectivity index is 2.39. The molecule has 6 nitrogen and oxygen atoms in total. The molecule has 0 aliphatic carbocycles. The van der Waals surface area contributed by atoms with Gasteiger partial charge in [0.25, 0.3) is 0 Å². The molecule has 1 N–H and O–H groups in total. The zero-order valence-corrected chi connectivity index (χ0v) is 14.3. The summed E-state index contributed by atoms with van der Waals surface area (Å²) in [5.41, 5.74) is -1.81. The molecule has 2 fully saturated rings. The summed E-state index contributed by atoms with van der Waals surface area (Å²) in [5.74, 6) is -0.915. The number of carboxylic acid groups (broad SMARTS) is 1. The molecule has 2 saturated heterocycles. The number of aliphatic carboxylic acids is 1. The van der Waals surface area contributed by atoms with Crippen LogP contribution < -0.4 is 0 Å². The zero-order chi connectivity index (χ0) is 16.7. The summed E-state index contributed by atoms with van der Waals surface area (Å²) in [7, 11) is 0. The van der Waals surface area contributed by atoms with Crippen LogP contribution in [0.5, 0.6) is 0 Å². The van der Waals surface area contributed by atoms with E-state index in [-0.39, 0.29) is 12.1 Å². The van der Waals surface area contributed by atoms with E-state index in [2.05, 4.69) is 4.90 Å². The van der Waals surface area contributed by atoms with Crippen LogP contribution in [-0.2, 0) is 9.53 Å². The number of rotatable bonds is 3. The number of carbonyl (C=O) groups excluding carboxylic acids is 1. The van der Waals surface area contributed by atoms with Crippen molar-refractivity contribution in [3.05, 3.63) is 0 Å². The van der Waals surface area contributed by atoms with Gasteiger partial charge in [-0.15, -0.1) is 0 Å². The third kappa shape index (κ3) is 2.81. The van der Waals surface area contributed by atoms with Crippen LogP contribution in [0, 0.1) is 0 Å². The fraction of sp³-hybridized carbons (Fsp3) is 0.875. The molecule has 0 radical (unpaired) electrons. The Kier molecular flexibility index (Phi) is 4.44. The van der Waals surface area contributed by atoms with Crippen LogP contribution in [0.25, 0.3) is 0 Å². The van der Waals surface area contributed by atoms with Crippen LogP contribution in [0.3, 0.4) is 0 Å². The second-order valence-corrected chi connectivity index (χ2v) is 7.62. The number of amides is 1. The Hall–Kier alpha value is -1.30. The molecule has 2 heterocycles. The number of ether oxygens (including phenoxy) is 1. The Bertz CT molecular complexity index is 458. The monoisotopic (exact) mass is 312 g/mol. The lowest BCUT2D eigenvalue weighted by Gasteiger charge is -2.44. The van der Waals surface area contributed by atoms with Crippen molar-refractivity contribution in [1.29, 1.82) is 0 Å². The van der Waals surface area contributed by atoms with Gasteiger partial charge in [-0.05, 0) is 60.4 Å². The second kappa shape index (κ2) is 5.72. The fourth-order valence-corrected chi connectivity index (χ4v) is 3.89. The van der Waals surface area contributed by atoms with Gasteiger partial charge >= 0.3 is 12.1 Å². The molecule has 2 aliphatic heterocycles. The molecular weight excluding hydrogens is 284 g/mol. The Morgan fingerprint density at radius 1 is 1.32 bits per heavy atom. The van der Waals surface area contributed by atoms with Gasteiger partial charge in [-0.1, -0.05) is 0 Å². The molecule has 0 bridgehead atoms. The van der Waals surface area contributed by atoms with Crippen molar-refractivity contribution in [2.45, 2.75) is 77.1 Å². The van der Waals surface area contributed by atoms with E-state index in [9.17, 15) is 14.7 Å². The van der Waals surface area contributed by atoms with Crippen molar-refractivity contribution < 1.29 is 19.4 Å². The molecule has 1 amide bonds. The normalized spacial score (nSPS) is 28.7. The molecule has 0 saturated carbocycles. The lowest BCUT2D eigenvalue weighted by atomic mass is 9.86. The number of hydrogen-bond acceptors (Lipinski definition) is 4. The molecule has 2 aliphatic rings. The van der Waals surface area contributed by atoms with E-state index in [1.807, 2.05) is 13.8 Å². The first kappa shape index (κ1) is 17.1. The van der Waals surface area contributed by atoms with Crippen molar-refractivity contribution in [2.24, 2.45) is 0 Å². The van der Waals surface area contributed by atoms with Gasteiger partial charge < -0.3 is 9.84 Å². The Morgan fingerprint density at radius 2 is 1.95 bits per heavy atom. The lowest BCUT2D eigenvalue weighted by molar-refractivity contribution is -0.154. The number of carboxylic acids is 1. The third-order valence-corrected chi connectivity index (χ3v) is 4.60. The van der Waals surface area contributed by atoms with Gasteiger partial charge in [0.15, 0.2) is 5.54 Å². The number of fused-ring (bicyclic) bond motifs is 1. The molecule has 0 aromatic heterocycles. The maximum Gasteiger partial charge on any atom is 0.411 e. The van der Waals surface area contributed by atoms with Crippen molar-refractivity contribution in [1.82, 2.24) is 9.80 Å². The standard InChI is InChI=1S/C16H28N2O4/c1-11(2)18(14(21)22-15(3,4)5)16(13(19)20)8-10-17-9-6-7-12(16)17/h11-12H,6-10H2,1-5H3,(H,19,20). The van der Waals surface area contributed by atoms with Crippen LogP contribution in [0.4, 0.5) is 4.79 Å². The minimum absolute atomic E-state index is 0.111. The predicted octanol–water partition coefficient (Wildman–Crippen LogP) is 2.32. The second-order valence-electron chi connectivity index (χ2n) is 7.62. The topological polar surface area (TPSA) is 70.1 Å². The first-order valence-corrected chi connectivity index (χ1v) is 8.09. The van der Waals surface area contributed by atoms with Crippen LogP contribution in [0.15, 0.2) is 0 Å². The van der Waals surface area contributed by atoms with Crippen molar-refractivity contribution >= 4 is 12.1 Å². The van der Waals surface area contributed by atoms with Crippen LogP contribution in [-0.4, -0.2) is 63.3 Å². The summed E-state index contributed by atoms with van der Waals surface area (Å²) in [6.45, 7) is 10.7. The van der Waals surface area contributed by atoms with Crippen LogP contribution >= 0.6 is 0 Å². The summed E-state index contributed by atoms with van der Waals surface area (Å²) in [4.78, 5) is 28.6. The van der Waals surface area contributed by atoms with E-state index < -0.39 is 23.2 Å². The Labute approximate surface area is 132 Å². The molecule has 126 valence electrons. The summed E-state index contributed by atoms with van der Waals surface area (Å²) >= 11 is 0. The van der Waals surface area contributed by atoms with Gasteiger partial charge in [-0.3, -0.25) is 9.80 Å². The van der Waals surface area contributed by atoms with Gasteiger partial charge in [0.1, 0.15) is 5.60 Å². The smallest absolute Gasteiger partial charge is 0.411 e. The molecule has 2 unspecified atom stereocenters. The minimum atomic E-state index is -1.17. The molecule has 6 heteroatoms. The number of nitrogens with zero attached hydrogens (tertiary/aromatic N) is 2. The van der Waals surface area contributed by atoms with E-state index in [4.69, 9.17) is 4.74 Å².